The van der Waals surface area contributed by atoms with Crippen molar-refractivity contribution in [2.75, 3.05) is 11.9 Å². The number of tetrazole rings is 1. The van der Waals surface area contributed by atoms with E-state index in [9.17, 15) is 4.79 Å². The van der Waals surface area contributed by atoms with Crippen LogP contribution in [0.1, 0.15) is 26.3 Å². The van der Waals surface area contributed by atoms with Gasteiger partial charge in [-0.1, -0.05) is 13.0 Å². The monoisotopic (exact) mass is 288 g/mol. The second-order valence-corrected chi connectivity index (χ2v) is 5.37. The number of benzene rings is 1. The topological polar surface area (TPSA) is 84.7 Å². The summed E-state index contributed by atoms with van der Waals surface area (Å²) in [6.45, 7) is 8.36. The molecule has 2 aromatic rings. The lowest BCUT2D eigenvalue weighted by atomic mass is 10.0. The van der Waals surface area contributed by atoms with Gasteiger partial charge in [-0.2, -0.15) is 0 Å². The van der Waals surface area contributed by atoms with Crippen LogP contribution in [-0.2, 0) is 4.79 Å². The van der Waals surface area contributed by atoms with E-state index >= 15 is 0 Å². The molecule has 0 bridgehead atoms. The van der Waals surface area contributed by atoms with Crippen LogP contribution in [0.3, 0.4) is 0 Å². The number of hydrogen-bond donors (Lipinski definition) is 2. The third-order valence-corrected chi connectivity index (χ3v) is 3.25. The number of aryl methyl sites for hydroxylation is 1. The van der Waals surface area contributed by atoms with Crippen LogP contribution in [0.5, 0.6) is 0 Å². The third-order valence-electron chi connectivity index (χ3n) is 3.25. The van der Waals surface area contributed by atoms with Crippen molar-refractivity contribution in [3.8, 4) is 5.69 Å². The molecule has 0 unspecified atom stereocenters. The SMILES string of the molecule is CCNC(C)(C)C(=O)Nc1ccc(C)c(-n2cnnn2)c1. The number of rotatable bonds is 5. The molecule has 1 heterocycles. The molecule has 7 heteroatoms. The Kier molecular flexibility index (Phi) is 4.32. The largest absolute Gasteiger partial charge is 0.324 e. The van der Waals surface area contributed by atoms with Gasteiger partial charge >= 0.3 is 0 Å². The van der Waals surface area contributed by atoms with Crippen molar-refractivity contribution >= 4 is 11.6 Å². The molecule has 0 saturated heterocycles. The highest BCUT2D eigenvalue weighted by Crippen LogP contribution is 2.19. The normalized spacial score (nSPS) is 11.4. The zero-order valence-electron chi connectivity index (χ0n) is 12.7. The molecule has 1 aromatic carbocycles. The maximum atomic E-state index is 12.3. The maximum absolute atomic E-state index is 12.3. The van der Waals surface area contributed by atoms with Gasteiger partial charge in [-0.3, -0.25) is 4.79 Å². The zero-order chi connectivity index (χ0) is 15.5. The summed E-state index contributed by atoms with van der Waals surface area (Å²) in [6, 6.07) is 5.64. The van der Waals surface area contributed by atoms with Crippen molar-refractivity contribution in [1.82, 2.24) is 25.5 Å². The molecule has 1 aromatic heterocycles. The Morgan fingerprint density at radius 1 is 1.38 bits per heavy atom. The summed E-state index contributed by atoms with van der Waals surface area (Å²) in [4.78, 5) is 12.3. The number of nitrogens with zero attached hydrogens (tertiary/aromatic N) is 4. The summed E-state index contributed by atoms with van der Waals surface area (Å²) in [7, 11) is 0. The average Bonchev–Trinajstić information content (AvgIpc) is 2.94. The first kappa shape index (κ1) is 15.1. The quantitative estimate of drug-likeness (QED) is 0.866. The molecule has 0 atom stereocenters. The van der Waals surface area contributed by atoms with Crippen molar-refractivity contribution in [2.24, 2.45) is 0 Å². The minimum absolute atomic E-state index is 0.0872. The fourth-order valence-electron chi connectivity index (χ4n) is 2.02. The number of aromatic nitrogens is 4. The molecule has 0 aliphatic heterocycles. The summed E-state index contributed by atoms with van der Waals surface area (Å²) >= 11 is 0. The molecule has 2 rings (SSSR count). The number of hydrogen-bond acceptors (Lipinski definition) is 5. The van der Waals surface area contributed by atoms with Gasteiger partial charge in [0.25, 0.3) is 0 Å². The molecule has 21 heavy (non-hydrogen) atoms. The Balaban J connectivity index is 2.22. The molecule has 112 valence electrons. The van der Waals surface area contributed by atoms with E-state index in [0.29, 0.717) is 5.69 Å². The fraction of sp³-hybridized carbons (Fsp3) is 0.429. The lowest BCUT2D eigenvalue weighted by Crippen LogP contribution is -2.49. The summed E-state index contributed by atoms with van der Waals surface area (Å²) in [5, 5.41) is 17.2. The van der Waals surface area contributed by atoms with Crippen molar-refractivity contribution in [3.63, 3.8) is 0 Å². The summed E-state index contributed by atoms with van der Waals surface area (Å²) in [5.74, 6) is -0.0872. The Hall–Kier alpha value is -2.28. The number of carbonyl (C=O) groups excluding carboxylic acids is 1. The van der Waals surface area contributed by atoms with Gasteiger partial charge in [-0.15, -0.1) is 5.10 Å². The number of anilines is 1. The van der Waals surface area contributed by atoms with Crippen LogP contribution in [0, 0.1) is 6.92 Å². The Bertz CT molecular complexity index is 620. The van der Waals surface area contributed by atoms with Crippen LogP contribution in [0.15, 0.2) is 24.5 Å². The van der Waals surface area contributed by atoms with E-state index in [4.69, 9.17) is 0 Å². The molecular formula is C14H20N6O. The van der Waals surface area contributed by atoms with Crippen LogP contribution in [0.4, 0.5) is 5.69 Å². The summed E-state index contributed by atoms with van der Waals surface area (Å²) < 4.78 is 1.57. The van der Waals surface area contributed by atoms with Gasteiger partial charge in [-0.05, 0) is 55.4 Å². The van der Waals surface area contributed by atoms with Gasteiger partial charge in [0.2, 0.25) is 5.91 Å². The lowest BCUT2D eigenvalue weighted by molar-refractivity contribution is -0.121. The van der Waals surface area contributed by atoms with Gasteiger partial charge in [-0.25, -0.2) is 4.68 Å². The highest BCUT2D eigenvalue weighted by atomic mass is 16.2. The van der Waals surface area contributed by atoms with E-state index in [-0.39, 0.29) is 5.91 Å². The maximum Gasteiger partial charge on any atom is 0.244 e. The number of amides is 1. The minimum Gasteiger partial charge on any atom is -0.324 e. The lowest BCUT2D eigenvalue weighted by Gasteiger charge is -2.24. The van der Waals surface area contributed by atoms with E-state index in [1.807, 2.05) is 45.9 Å². The highest BCUT2D eigenvalue weighted by Gasteiger charge is 2.26. The zero-order valence-corrected chi connectivity index (χ0v) is 12.7. The molecule has 0 aliphatic carbocycles. The van der Waals surface area contributed by atoms with Gasteiger partial charge < -0.3 is 10.6 Å². The molecule has 0 aliphatic rings. The van der Waals surface area contributed by atoms with Crippen LogP contribution < -0.4 is 10.6 Å². The first-order chi connectivity index (χ1) is 9.94. The number of likely N-dealkylation sites (N-methyl/N-ethyl adjacent to an activating group) is 1. The fourth-order valence-corrected chi connectivity index (χ4v) is 2.02. The Morgan fingerprint density at radius 2 is 2.14 bits per heavy atom. The van der Waals surface area contributed by atoms with E-state index < -0.39 is 5.54 Å². The molecule has 0 spiro atoms. The van der Waals surface area contributed by atoms with Gasteiger partial charge in [0.05, 0.1) is 11.2 Å². The van der Waals surface area contributed by atoms with Crippen molar-refractivity contribution in [1.29, 1.82) is 0 Å². The van der Waals surface area contributed by atoms with Crippen LogP contribution in [0.2, 0.25) is 0 Å². The first-order valence-electron chi connectivity index (χ1n) is 6.84. The standard InChI is InChI=1S/C14H20N6O/c1-5-15-14(3,4)13(21)17-11-7-6-10(2)12(8-11)20-9-16-18-19-20/h6-9,15H,5H2,1-4H3,(H,17,21). The molecule has 2 N–H and O–H groups in total. The second-order valence-electron chi connectivity index (χ2n) is 5.37. The van der Waals surface area contributed by atoms with E-state index in [1.54, 1.807) is 4.68 Å². The van der Waals surface area contributed by atoms with Crippen molar-refractivity contribution in [2.45, 2.75) is 33.2 Å². The average molecular weight is 288 g/mol. The smallest absolute Gasteiger partial charge is 0.244 e. The van der Waals surface area contributed by atoms with Gasteiger partial charge in [0.1, 0.15) is 6.33 Å². The third kappa shape index (κ3) is 3.43. The van der Waals surface area contributed by atoms with Crippen LogP contribution in [-0.4, -0.2) is 38.2 Å². The molecule has 0 fully saturated rings. The van der Waals surface area contributed by atoms with Gasteiger partial charge in [0.15, 0.2) is 0 Å². The minimum atomic E-state index is -0.630. The number of carbonyl (C=O) groups is 1. The van der Waals surface area contributed by atoms with Crippen molar-refractivity contribution < 1.29 is 4.79 Å². The molecule has 1 amide bonds. The van der Waals surface area contributed by atoms with E-state index in [2.05, 4.69) is 26.2 Å². The Morgan fingerprint density at radius 3 is 2.76 bits per heavy atom. The first-order valence-corrected chi connectivity index (χ1v) is 6.84. The second kappa shape index (κ2) is 6.01. The molecule has 0 saturated carbocycles. The van der Waals surface area contributed by atoms with Crippen molar-refractivity contribution in [3.05, 3.63) is 30.1 Å². The summed E-state index contributed by atoms with van der Waals surface area (Å²) in [6.07, 6.45) is 1.52. The van der Waals surface area contributed by atoms with E-state index in [0.717, 1.165) is 17.8 Å². The Labute approximate surface area is 123 Å². The predicted octanol–water partition coefficient (Wildman–Crippen LogP) is 1.30. The molecule has 7 nitrogen and oxygen atoms in total. The molecule has 0 radical (unpaired) electrons. The van der Waals surface area contributed by atoms with Crippen LogP contribution in [0.25, 0.3) is 5.69 Å². The number of nitrogens with one attached hydrogen (secondary N) is 2. The predicted molar refractivity (Wildman–Crippen MR) is 80.3 cm³/mol. The molecular weight excluding hydrogens is 268 g/mol. The van der Waals surface area contributed by atoms with Gasteiger partial charge in [0, 0.05) is 5.69 Å². The summed E-state index contributed by atoms with van der Waals surface area (Å²) in [5.41, 5.74) is 1.93. The van der Waals surface area contributed by atoms with E-state index in [1.165, 1.54) is 6.33 Å². The van der Waals surface area contributed by atoms with Crippen LogP contribution >= 0.6 is 0 Å². The highest BCUT2D eigenvalue weighted by molar-refractivity contribution is 5.97.